The Labute approximate surface area is 124 Å². The molecule has 0 atom stereocenters. The van der Waals surface area contributed by atoms with Gasteiger partial charge in [-0.05, 0) is 30.2 Å². The number of anilines is 1. The molecule has 0 unspecified atom stereocenters. The Hall–Kier alpha value is -2.34. The molecule has 0 aliphatic carbocycles. The van der Waals surface area contributed by atoms with Crippen molar-refractivity contribution in [3.63, 3.8) is 0 Å². The quantitative estimate of drug-likeness (QED) is 0.305. The van der Waals surface area contributed by atoms with Crippen molar-refractivity contribution in [1.29, 1.82) is 0 Å². The van der Waals surface area contributed by atoms with E-state index in [0.717, 1.165) is 11.3 Å². The summed E-state index contributed by atoms with van der Waals surface area (Å²) in [5.74, 6) is -0.670. The van der Waals surface area contributed by atoms with Gasteiger partial charge in [-0.3, -0.25) is 14.8 Å². The Kier molecular flexibility index (Phi) is 6.97. The molecule has 0 saturated heterocycles. The second-order valence-electron chi connectivity index (χ2n) is 4.75. The average molecular weight is 291 g/mol. The highest BCUT2D eigenvalue weighted by Gasteiger charge is 2.00. The Morgan fingerprint density at radius 2 is 1.90 bits per heavy atom. The number of carbonyl (C=O) groups is 2. The van der Waals surface area contributed by atoms with Crippen LogP contribution in [0.25, 0.3) is 6.08 Å². The van der Waals surface area contributed by atoms with Crippen molar-refractivity contribution in [2.45, 2.75) is 12.8 Å². The van der Waals surface area contributed by atoms with E-state index in [1.165, 1.54) is 6.08 Å². The number of carbonyl (C=O) groups excluding carboxylic acids is 2. The first-order valence-electron chi connectivity index (χ1n) is 6.69. The van der Waals surface area contributed by atoms with E-state index in [9.17, 15) is 9.59 Å². The van der Waals surface area contributed by atoms with Gasteiger partial charge in [0, 0.05) is 38.8 Å². The van der Waals surface area contributed by atoms with E-state index in [4.69, 9.17) is 5.21 Å². The lowest BCUT2D eigenvalue weighted by Gasteiger charge is -2.11. The van der Waals surface area contributed by atoms with Crippen molar-refractivity contribution in [2.24, 2.45) is 0 Å². The molecule has 0 aromatic heterocycles. The van der Waals surface area contributed by atoms with Crippen molar-refractivity contribution in [2.75, 3.05) is 25.5 Å². The summed E-state index contributed by atoms with van der Waals surface area (Å²) in [5, 5.41) is 11.0. The zero-order valence-electron chi connectivity index (χ0n) is 12.3. The monoisotopic (exact) mass is 291 g/mol. The Balaban J connectivity index is 2.35. The van der Waals surface area contributed by atoms with Gasteiger partial charge in [0.15, 0.2) is 0 Å². The van der Waals surface area contributed by atoms with Crippen LogP contribution in [-0.4, -0.2) is 37.7 Å². The van der Waals surface area contributed by atoms with Gasteiger partial charge in [0.25, 0.3) is 0 Å². The minimum atomic E-state index is -0.458. The molecule has 0 bridgehead atoms. The van der Waals surface area contributed by atoms with Crippen LogP contribution in [0.4, 0.5) is 5.69 Å². The first kappa shape index (κ1) is 16.7. The summed E-state index contributed by atoms with van der Waals surface area (Å²) in [6.45, 7) is 0.385. The number of hydrogen-bond acceptors (Lipinski definition) is 4. The van der Waals surface area contributed by atoms with Gasteiger partial charge in [-0.15, -0.1) is 0 Å². The SMILES string of the molecule is CN(C)c1ccc(/C=C/C(=O)NCCCC(=O)NO)cc1. The summed E-state index contributed by atoms with van der Waals surface area (Å²) in [7, 11) is 3.94. The topological polar surface area (TPSA) is 81.7 Å². The number of rotatable bonds is 7. The van der Waals surface area contributed by atoms with E-state index in [1.807, 2.05) is 43.3 Å². The predicted octanol–water partition coefficient (Wildman–Crippen LogP) is 1.17. The molecule has 0 aliphatic rings. The minimum Gasteiger partial charge on any atom is -0.378 e. The number of benzene rings is 1. The third kappa shape index (κ3) is 6.58. The van der Waals surface area contributed by atoms with Crippen LogP contribution in [0.3, 0.4) is 0 Å². The lowest BCUT2D eigenvalue weighted by molar-refractivity contribution is -0.129. The van der Waals surface area contributed by atoms with Crippen LogP contribution in [0.1, 0.15) is 18.4 Å². The van der Waals surface area contributed by atoms with Crippen molar-refractivity contribution in [3.05, 3.63) is 35.9 Å². The van der Waals surface area contributed by atoms with Crippen LogP contribution in [-0.2, 0) is 9.59 Å². The van der Waals surface area contributed by atoms with Gasteiger partial charge in [-0.1, -0.05) is 12.1 Å². The molecule has 3 N–H and O–H groups in total. The molecule has 6 heteroatoms. The Bertz CT molecular complexity index is 495. The Morgan fingerprint density at radius 3 is 2.48 bits per heavy atom. The molecule has 0 radical (unpaired) electrons. The second kappa shape index (κ2) is 8.76. The smallest absolute Gasteiger partial charge is 0.243 e. The summed E-state index contributed by atoms with van der Waals surface area (Å²) < 4.78 is 0. The summed E-state index contributed by atoms with van der Waals surface area (Å²) in [6, 6.07) is 7.82. The molecule has 0 aliphatic heterocycles. The minimum absolute atomic E-state index is 0.173. The van der Waals surface area contributed by atoms with E-state index in [2.05, 4.69) is 5.32 Å². The van der Waals surface area contributed by atoms with Crippen molar-refractivity contribution in [1.82, 2.24) is 10.8 Å². The molecule has 0 spiro atoms. The molecule has 6 nitrogen and oxygen atoms in total. The predicted molar refractivity (Wildman–Crippen MR) is 82.0 cm³/mol. The highest BCUT2D eigenvalue weighted by molar-refractivity contribution is 5.91. The number of hydroxylamine groups is 1. The number of amides is 2. The van der Waals surface area contributed by atoms with E-state index < -0.39 is 5.91 Å². The van der Waals surface area contributed by atoms with Gasteiger partial charge in [0.1, 0.15) is 0 Å². The zero-order chi connectivity index (χ0) is 15.7. The van der Waals surface area contributed by atoms with Gasteiger partial charge in [0.05, 0.1) is 0 Å². The van der Waals surface area contributed by atoms with E-state index in [-0.39, 0.29) is 12.3 Å². The zero-order valence-corrected chi connectivity index (χ0v) is 12.3. The molecule has 0 saturated carbocycles. The van der Waals surface area contributed by atoms with Gasteiger partial charge < -0.3 is 10.2 Å². The molecule has 0 fully saturated rings. The van der Waals surface area contributed by atoms with Crippen LogP contribution < -0.4 is 15.7 Å². The fourth-order valence-corrected chi connectivity index (χ4v) is 1.63. The van der Waals surface area contributed by atoms with Gasteiger partial charge in [-0.2, -0.15) is 0 Å². The maximum Gasteiger partial charge on any atom is 0.243 e. The van der Waals surface area contributed by atoms with Crippen LogP contribution in [0.15, 0.2) is 30.3 Å². The van der Waals surface area contributed by atoms with Crippen molar-refractivity contribution in [3.8, 4) is 0 Å². The van der Waals surface area contributed by atoms with Crippen molar-refractivity contribution >= 4 is 23.6 Å². The third-order valence-electron chi connectivity index (χ3n) is 2.84. The summed E-state index contributed by atoms with van der Waals surface area (Å²) in [4.78, 5) is 24.3. The van der Waals surface area contributed by atoms with Gasteiger partial charge >= 0.3 is 0 Å². The number of hydrogen-bond donors (Lipinski definition) is 3. The number of nitrogens with one attached hydrogen (secondary N) is 2. The standard InChI is InChI=1S/C15H21N3O3/c1-18(2)13-8-5-12(6-9-13)7-10-14(19)16-11-3-4-15(20)17-21/h5-10,21H,3-4,11H2,1-2H3,(H,16,19)(H,17,20)/b10-7+. The fraction of sp³-hybridized carbons (Fsp3) is 0.333. The fourth-order valence-electron chi connectivity index (χ4n) is 1.63. The Morgan fingerprint density at radius 1 is 1.24 bits per heavy atom. The van der Waals surface area contributed by atoms with Crippen molar-refractivity contribution < 1.29 is 14.8 Å². The molecule has 1 rings (SSSR count). The first-order valence-corrected chi connectivity index (χ1v) is 6.69. The molecule has 0 heterocycles. The summed E-state index contributed by atoms with van der Waals surface area (Å²) in [6.07, 6.45) is 3.84. The molecule has 1 aromatic carbocycles. The largest absolute Gasteiger partial charge is 0.378 e. The average Bonchev–Trinajstić information content (AvgIpc) is 2.49. The lowest BCUT2D eigenvalue weighted by Crippen LogP contribution is -2.24. The number of nitrogens with zero attached hydrogens (tertiary/aromatic N) is 1. The van der Waals surface area contributed by atoms with E-state index >= 15 is 0 Å². The van der Waals surface area contributed by atoms with Crippen LogP contribution in [0, 0.1) is 0 Å². The van der Waals surface area contributed by atoms with Crippen LogP contribution in [0.2, 0.25) is 0 Å². The summed E-state index contributed by atoms with van der Waals surface area (Å²) in [5.41, 5.74) is 3.58. The molecule has 1 aromatic rings. The van der Waals surface area contributed by atoms with E-state index in [0.29, 0.717) is 13.0 Å². The molecule has 114 valence electrons. The van der Waals surface area contributed by atoms with Crippen LogP contribution in [0.5, 0.6) is 0 Å². The van der Waals surface area contributed by atoms with Gasteiger partial charge in [0.2, 0.25) is 11.8 Å². The molecular formula is C15H21N3O3. The van der Waals surface area contributed by atoms with Crippen LogP contribution >= 0.6 is 0 Å². The summed E-state index contributed by atoms with van der Waals surface area (Å²) >= 11 is 0. The first-order chi connectivity index (χ1) is 10.0. The lowest BCUT2D eigenvalue weighted by atomic mass is 10.2. The highest BCUT2D eigenvalue weighted by Crippen LogP contribution is 2.12. The molecule has 21 heavy (non-hydrogen) atoms. The highest BCUT2D eigenvalue weighted by atomic mass is 16.5. The third-order valence-corrected chi connectivity index (χ3v) is 2.84. The second-order valence-corrected chi connectivity index (χ2v) is 4.75. The maximum absolute atomic E-state index is 11.5. The molecular weight excluding hydrogens is 270 g/mol. The maximum atomic E-state index is 11.5. The van der Waals surface area contributed by atoms with Gasteiger partial charge in [-0.25, -0.2) is 5.48 Å². The normalized spacial score (nSPS) is 10.4. The van der Waals surface area contributed by atoms with E-state index in [1.54, 1.807) is 11.6 Å². The molecule has 2 amide bonds.